The average Bonchev–Trinajstić information content (AvgIpc) is 2.28. The summed E-state index contributed by atoms with van der Waals surface area (Å²) in [7, 11) is -3.59. The van der Waals surface area contributed by atoms with E-state index in [9.17, 15) is 8.42 Å². The average molecular weight is 391 g/mol. The van der Waals surface area contributed by atoms with Gasteiger partial charge < -0.3 is 10.6 Å². The summed E-state index contributed by atoms with van der Waals surface area (Å²) in [5.74, 6) is 0.979. The predicted molar refractivity (Wildman–Crippen MR) is 82.7 cm³/mol. The Labute approximate surface area is 126 Å². The van der Waals surface area contributed by atoms with E-state index in [4.69, 9.17) is 0 Å². The van der Waals surface area contributed by atoms with Crippen molar-refractivity contribution in [3.8, 4) is 0 Å². The highest BCUT2D eigenvalue weighted by molar-refractivity contribution is 14.1. The Morgan fingerprint density at radius 1 is 1.42 bits per heavy atom. The quantitative estimate of drug-likeness (QED) is 0.759. The lowest BCUT2D eigenvalue weighted by Gasteiger charge is -2.27. The van der Waals surface area contributed by atoms with Gasteiger partial charge in [0.2, 0.25) is 5.96 Å². The number of hydrogen-bond acceptors (Lipinski definition) is 4. The number of nitrogens with zero attached hydrogens (tertiary/aromatic N) is 1. The summed E-state index contributed by atoms with van der Waals surface area (Å²) in [6.45, 7) is 0.778. The number of anilines is 1. The zero-order chi connectivity index (χ0) is 13.5. The van der Waals surface area contributed by atoms with Crippen molar-refractivity contribution in [2.24, 2.45) is 10.3 Å². The second kappa shape index (κ2) is 4.93. The Morgan fingerprint density at radius 2 is 2.21 bits per heavy atom. The summed E-state index contributed by atoms with van der Waals surface area (Å²) in [5, 5.41) is 6.18. The normalized spacial score (nSPS) is 20.8. The number of nitrogens with one attached hydrogen (secondary N) is 2. The van der Waals surface area contributed by atoms with Crippen LogP contribution >= 0.6 is 22.6 Å². The maximum absolute atomic E-state index is 12.1. The lowest BCUT2D eigenvalue weighted by atomic mass is 9.85. The molecule has 0 atom stereocenters. The minimum atomic E-state index is -3.59. The first-order valence-electron chi connectivity index (χ1n) is 6.20. The standard InChI is InChI=1S/C12H14IN3O2S/c13-9-5-2-6-10-11(9)15-12(16-19(10,17)18)14-7-8-3-1-4-8/h2,5-6,8H,1,3-4,7H2,(H2,14,15,16). The third kappa shape index (κ3) is 2.58. The van der Waals surface area contributed by atoms with Crippen molar-refractivity contribution >= 4 is 44.3 Å². The topological polar surface area (TPSA) is 70.6 Å². The number of guanidine groups is 1. The number of fused-ring (bicyclic) bond motifs is 1. The molecule has 1 fully saturated rings. The first-order valence-corrected chi connectivity index (χ1v) is 8.72. The van der Waals surface area contributed by atoms with Gasteiger partial charge in [0.05, 0.1) is 5.69 Å². The molecule has 1 aliphatic carbocycles. The van der Waals surface area contributed by atoms with Gasteiger partial charge in [-0.25, -0.2) is 0 Å². The highest BCUT2D eigenvalue weighted by atomic mass is 127. The van der Waals surface area contributed by atoms with E-state index in [0.717, 1.165) is 10.1 Å². The molecule has 102 valence electrons. The molecule has 3 rings (SSSR count). The molecular weight excluding hydrogens is 377 g/mol. The van der Waals surface area contributed by atoms with Gasteiger partial charge in [-0.3, -0.25) is 0 Å². The molecule has 1 aliphatic heterocycles. The molecule has 5 nitrogen and oxygen atoms in total. The molecule has 7 heteroatoms. The molecule has 1 saturated carbocycles. The van der Waals surface area contributed by atoms with Crippen molar-refractivity contribution in [1.29, 1.82) is 0 Å². The van der Waals surface area contributed by atoms with Crippen LogP contribution < -0.4 is 10.6 Å². The molecule has 0 spiro atoms. The summed E-state index contributed by atoms with van der Waals surface area (Å²) in [6.07, 6.45) is 3.69. The van der Waals surface area contributed by atoms with Crippen molar-refractivity contribution in [1.82, 2.24) is 5.32 Å². The molecule has 1 aromatic carbocycles. The lowest BCUT2D eigenvalue weighted by Crippen LogP contribution is -2.39. The molecule has 0 radical (unpaired) electrons. The Bertz CT molecular complexity index is 638. The van der Waals surface area contributed by atoms with Gasteiger partial charge in [-0.05, 0) is 53.5 Å². The van der Waals surface area contributed by atoms with E-state index in [1.807, 2.05) is 6.07 Å². The first-order chi connectivity index (χ1) is 9.06. The maximum atomic E-state index is 12.1. The Balaban J connectivity index is 1.85. The molecule has 1 aromatic rings. The van der Waals surface area contributed by atoms with Crippen LogP contribution in [0.3, 0.4) is 0 Å². The van der Waals surface area contributed by atoms with Gasteiger partial charge in [0.25, 0.3) is 10.0 Å². The maximum Gasteiger partial charge on any atom is 0.287 e. The number of hydrogen-bond donors (Lipinski definition) is 2. The minimum Gasteiger partial charge on any atom is -0.355 e. The minimum absolute atomic E-state index is 0.244. The molecule has 0 amide bonds. The van der Waals surface area contributed by atoms with Gasteiger partial charge in [0, 0.05) is 10.1 Å². The zero-order valence-corrected chi connectivity index (χ0v) is 13.2. The highest BCUT2D eigenvalue weighted by Gasteiger charge is 2.27. The van der Waals surface area contributed by atoms with E-state index in [1.54, 1.807) is 12.1 Å². The number of benzene rings is 1. The van der Waals surface area contributed by atoms with Crippen LogP contribution in [0.15, 0.2) is 27.5 Å². The van der Waals surface area contributed by atoms with Crippen LogP contribution in [0.5, 0.6) is 0 Å². The van der Waals surface area contributed by atoms with E-state index in [1.165, 1.54) is 19.3 Å². The summed E-state index contributed by atoms with van der Waals surface area (Å²) >= 11 is 2.12. The molecular formula is C12H14IN3O2S. The van der Waals surface area contributed by atoms with Crippen molar-refractivity contribution in [3.63, 3.8) is 0 Å². The van der Waals surface area contributed by atoms with Crippen LogP contribution in [0.2, 0.25) is 0 Å². The fourth-order valence-corrected chi connectivity index (χ4v) is 4.10. The fourth-order valence-electron chi connectivity index (χ4n) is 2.17. The van der Waals surface area contributed by atoms with E-state index < -0.39 is 10.0 Å². The van der Waals surface area contributed by atoms with Crippen molar-refractivity contribution < 1.29 is 8.42 Å². The van der Waals surface area contributed by atoms with Gasteiger partial charge in [0.1, 0.15) is 4.90 Å². The fraction of sp³-hybridized carbons (Fsp3) is 0.417. The van der Waals surface area contributed by atoms with Crippen molar-refractivity contribution in [3.05, 3.63) is 21.8 Å². The molecule has 19 heavy (non-hydrogen) atoms. The second-order valence-corrected chi connectivity index (χ2v) is 7.57. The summed E-state index contributed by atoms with van der Waals surface area (Å²) in [6, 6.07) is 5.17. The SMILES string of the molecule is O=S1(=O)N=C(NCC2CCC2)Nc2c(I)cccc21. The lowest BCUT2D eigenvalue weighted by molar-refractivity contribution is 0.315. The number of rotatable bonds is 2. The van der Waals surface area contributed by atoms with Crippen LogP contribution in [0.25, 0.3) is 0 Å². The molecule has 0 saturated heterocycles. The van der Waals surface area contributed by atoms with Gasteiger partial charge in [0.15, 0.2) is 0 Å². The second-order valence-electron chi connectivity index (χ2n) is 4.83. The van der Waals surface area contributed by atoms with Gasteiger partial charge in [-0.2, -0.15) is 8.42 Å². The van der Waals surface area contributed by atoms with Crippen LogP contribution in [-0.4, -0.2) is 20.9 Å². The predicted octanol–water partition coefficient (Wildman–Crippen LogP) is 2.15. The third-order valence-corrected chi connectivity index (χ3v) is 5.71. The van der Waals surface area contributed by atoms with Crippen LogP contribution in [0, 0.1) is 9.49 Å². The number of sulfonamides is 1. The van der Waals surface area contributed by atoms with Crippen molar-refractivity contribution in [2.75, 3.05) is 11.9 Å². The van der Waals surface area contributed by atoms with Crippen LogP contribution in [0.1, 0.15) is 19.3 Å². The molecule has 0 bridgehead atoms. The van der Waals surface area contributed by atoms with E-state index in [2.05, 4.69) is 37.6 Å². The van der Waals surface area contributed by atoms with E-state index in [-0.39, 0.29) is 4.90 Å². The summed E-state index contributed by atoms with van der Waals surface area (Å²) in [4.78, 5) is 0.244. The molecule has 2 N–H and O–H groups in total. The highest BCUT2D eigenvalue weighted by Crippen LogP contribution is 2.31. The largest absolute Gasteiger partial charge is 0.355 e. The first kappa shape index (κ1) is 13.2. The third-order valence-electron chi connectivity index (χ3n) is 3.49. The van der Waals surface area contributed by atoms with E-state index in [0.29, 0.717) is 17.6 Å². The zero-order valence-electron chi connectivity index (χ0n) is 10.2. The molecule has 2 aliphatic rings. The van der Waals surface area contributed by atoms with Crippen LogP contribution in [0.4, 0.5) is 5.69 Å². The smallest absolute Gasteiger partial charge is 0.287 e. The monoisotopic (exact) mass is 391 g/mol. The van der Waals surface area contributed by atoms with Gasteiger partial charge in [-0.15, -0.1) is 4.40 Å². The molecule has 0 aromatic heterocycles. The summed E-state index contributed by atoms with van der Waals surface area (Å²) < 4.78 is 28.8. The molecule has 1 heterocycles. The van der Waals surface area contributed by atoms with Crippen LogP contribution in [-0.2, 0) is 10.0 Å². The van der Waals surface area contributed by atoms with Gasteiger partial charge >= 0.3 is 0 Å². The van der Waals surface area contributed by atoms with Crippen molar-refractivity contribution in [2.45, 2.75) is 24.2 Å². The number of para-hydroxylation sites is 1. The van der Waals surface area contributed by atoms with E-state index >= 15 is 0 Å². The number of halogens is 1. The summed E-state index contributed by atoms with van der Waals surface area (Å²) in [5.41, 5.74) is 0.620. The molecule has 0 unspecified atom stereocenters. The van der Waals surface area contributed by atoms with Gasteiger partial charge in [-0.1, -0.05) is 12.5 Å². The Kier molecular flexibility index (Phi) is 3.42. The Morgan fingerprint density at radius 3 is 2.89 bits per heavy atom. The Hall–Kier alpha value is -0.830.